The highest BCUT2D eigenvalue weighted by molar-refractivity contribution is 8.19. The number of aliphatic imine (C=N–C) groups is 1. The topological polar surface area (TPSA) is 35.9 Å². The van der Waals surface area contributed by atoms with Crippen LogP contribution >= 0.6 is 23.5 Å². The van der Waals surface area contributed by atoms with Crippen molar-refractivity contribution in [1.29, 1.82) is 0 Å². The smallest absolute Gasteiger partial charge is 0.269 e. The van der Waals surface area contributed by atoms with E-state index in [0.717, 1.165) is 37.2 Å². The molecule has 1 amide bonds. The van der Waals surface area contributed by atoms with E-state index in [1.807, 2.05) is 50.4 Å². The molecule has 0 saturated carbocycles. The number of rotatable bonds is 2. The van der Waals surface area contributed by atoms with Crippen LogP contribution in [0.5, 0.6) is 0 Å². The van der Waals surface area contributed by atoms with E-state index >= 15 is 0 Å². The molecule has 3 aromatic rings. The van der Waals surface area contributed by atoms with Crippen molar-refractivity contribution in [3.8, 4) is 0 Å². The largest absolute Gasteiger partial charge is 0.337 e. The van der Waals surface area contributed by atoms with Gasteiger partial charge in [0.1, 0.15) is 4.91 Å². The highest BCUT2D eigenvalue weighted by atomic mass is 32.2. The zero-order valence-corrected chi connectivity index (χ0v) is 17.8. The molecular formula is C23H19N3OS2. The minimum Gasteiger partial charge on any atom is -0.337 e. The van der Waals surface area contributed by atoms with Crippen LogP contribution < -0.4 is 4.90 Å². The number of fused-ring (bicyclic) bond motifs is 2. The number of benzene rings is 3. The molecule has 4 nitrogen and oxygen atoms in total. The summed E-state index contributed by atoms with van der Waals surface area (Å²) >= 11 is 3.12. The van der Waals surface area contributed by atoms with E-state index in [4.69, 9.17) is 4.99 Å². The lowest BCUT2D eigenvalue weighted by Gasteiger charge is -2.15. The molecule has 3 aromatic carbocycles. The van der Waals surface area contributed by atoms with Gasteiger partial charge in [0.05, 0.1) is 16.4 Å². The molecule has 0 aromatic heterocycles. The Hall–Kier alpha value is -2.70. The normalized spacial score (nSPS) is 20.2. The number of anilines is 1. The maximum absolute atomic E-state index is 13.2. The average Bonchev–Trinajstić information content (AvgIpc) is 3.24. The van der Waals surface area contributed by atoms with Gasteiger partial charge in [-0.2, -0.15) is 0 Å². The van der Waals surface area contributed by atoms with Crippen LogP contribution in [0.4, 0.5) is 11.4 Å². The van der Waals surface area contributed by atoms with Gasteiger partial charge in [-0.15, -0.1) is 0 Å². The van der Waals surface area contributed by atoms with E-state index in [0.29, 0.717) is 6.54 Å². The highest BCUT2D eigenvalue weighted by Gasteiger charge is 2.38. The Morgan fingerprint density at radius 2 is 1.69 bits per heavy atom. The summed E-state index contributed by atoms with van der Waals surface area (Å²) in [6.45, 7) is 2.58. The van der Waals surface area contributed by atoms with Gasteiger partial charge in [0.15, 0.2) is 5.17 Å². The van der Waals surface area contributed by atoms with E-state index in [1.54, 1.807) is 16.7 Å². The van der Waals surface area contributed by atoms with Crippen molar-refractivity contribution in [2.24, 2.45) is 4.99 Å². The van der Waals surface area contributed by atoms with Crippen molar-refractivity contribution in [3.63, 3.8) is 0 Å². The van der Waals surface area contributed by atoms with Gasteiger partial charge in [0.2, 0.25) is 0 Å². The van der Waals surface area contributed by atoms with Gasteiger partial charge in [0.25, 0.3) is 5.91 Å². The highest BCUT2D eigenvalue weighted by Crippen LogP contribution is 2.50. The number of nitrogens with zero attached hydrogens (tertiary/aromatic N) is 3. The molecule has 0 aliphatic carbocycles. The van der Waals surface area contributed by atoms with Crippen LogP contribution in [0.3, 0.4) is 0 Å². The molecule has 144 valence electrons. The maximum atomic E-state index is 13.2. The van der Waals surface area contributed by atoms with E-state index in [2.05, 4.69) is 35.2 Å². The molecule has 1 fully saturated rings. The first-order valence-electron chi connectivity index (χ1n) is 9.48. The maximum Gasteiger partial charge on any atom is 0.269 e. The van der Waals surface area contributed by atoms with Crippen molar-refractivity contribution in [1.82, 2.24) is 4.90 Å². The first kappa shape index (κ1) is 18.3. The summed E-state index contributed by atoms with van der Waals surface area (Å²) in [6, 6.07) is 22.5. The Labute approximate surface area is 178 Å². The lowest BCUT2D eigenvalue weighted by molar-refractivity contribution is -0.122. The number of carbonyl (C=O) groups is 1. The van der Waals surface area contributed by atoms with E-state index < -0.39 is 0 Å². The molecular weight excluding hydrogens is 398 g/mol. The van der Waals surface area contributed by atoms with Gasteiger partial charge < -0.3 is 4.90 Å². The molecule has 1 saturated heterocycles. The van der Waals surface area contributed by atoms with E-state index in [1.165, 1.54) is 16.7 Å². The van der Waals surface area contributed by atoms with Gasteiger partial charge in [-0.1, -0.05) is 60.3 Å². The summed E-state index contributed by atoms with van der Waals surface area (Å²) in [7, 11) is 2.02. The Balaban J connectivity index is 1.58. The van der Waals surface area contributed by atoms with Crippen LogP contribution in [0.25, 0.3) is 10.8 Å². The fourth-order valence-electron chi connectivity index (χ4n) is 3.61. The Morgan fingerprint density at radius 1 is 0.931 bits per heavy atom. The van der Waals surface area contributed by atoms with Crippen LogP contribution in [0, 0.1) is 0 Å². The summed E-state index contributed by atoms with van der Waals surface area (Å²) in [6.07, 6.45) is 0. The number of amidine groups is 1. The summed E-state index contributed by atoms with van der Waals surface area (Å²) in [5.41, 5.74) is 2.02. The van der Waals surface area contributed by atoms with Gasteiger partial charge in [-0.05, 0) is 42.3 Å². The van der Waals surface area contributed by atoms with Crippen LogP contribution in [-0.4, -0.2) is 29.6 Å². The van der Waals surface area contributed by atoms with Crippen LogP contribution in [0.15, 0.2) is 86.6 Å². The molecule has 0 unspecified atom stereocenters. The van der Waals surface area contributed by atoms with Crippen molar-refractivity contribution in [3.05, 3.63) is 76.7 Å². The van der Waals surface area contributed by atoms with Crippen molar-refractivity contribution >= 4 is 56.7 Å². The molecule has 5 rings (SSSR count). The zero-order chi connectivity index (χ0) is 20.0. The van der Waals surface area contributed by atoms with Gasteiger partial charge in [-0.25, -0.2) is 4.99 Å². The molecule has 0 bridgehead atoms. The van der Waals surface area contributed by atoms with Crippen LogP contribution in [0.1, 0.15) is 6.92 Å². The number of hydrogen-bond acceptors (Lipinski definition) is 5. The Morgan fingerprint density at radius 3 is 2.52 bits per heavy atom. The second-order valence-electron chi connectivity index (χ2n) is 6.81. The van der Waals surface area contributed by atoms with E-state index in [9.17, 15) is 4.79 Å². The average molecular weight is 418 g/mol. The van der Waals surface area contributed by atoms with Crippen LogP contribution in [0.2, 0.25) is 0 Å². The molecule has 0 spiro atoms. The summed E-state index contributed by atoms with van der Waals surface area (Å²) < 4.78 is 0. The first-order chi connectivity index (χ1) is 14.2. The summed E-state index contributed by atoms with van der Waals surface area (Å²) in [5.74, 6) is 0.0265. The number of thioether (sulfide) groups is 2. The number of likely N-dealkylation sites (N-methyl/N-ethyl adjacent to an activating group) is 1. The second kappa shape index (κ2) is 7.28. The second-order valence-corrected chi connectivity index (χ2v) is 8.82. The van der Waals surface area contributed by atoms with Gasteiger partial charge in [-0.3, -0.25) is 9.69 Å². The van der Waals surface area contributed by atoms with Crippen LogP contribution in [-0.2, 0) is 4.79 Å². The SMILES string of the molecule is CCN1C(=O)C(=C2Sc3ccccc3N2C)SC1=Nc1cccc2ccccc12. The third-order valence-corrected chi connectivity index (χ3v) is 7.53. The third-order valence-electron chi connectivity index (χ3n) is 5.09. The fraction of sp³-hybridized carbons (Fsp3) is 0.130. The lowest BCUT2D eigenvalue weighted by Crippen LogP contribution is -2.29. The molecule has 2 aliphatic heterocycles. The fourth-order valence-corrected chi connectivity index (χ4v) is 6.01. The number of hydrogen-bond donors (Lipinski definition) is 0. The minimum absolute atomic E-state index is 0.0265. The lowest BCUT2D eigenvalue weighted by atomic mass is 10.1. The standard InChI is InChI=1S/C23H19N3OS2/c1-3-26-21(27)20(22-25(2)18-13-6-7-14-19(18)28-22)29-23(26)24-17-12-8-10-15-9-4-5-11-16(15)17/h4-14H,3H2,1-2H3. The van der Waals surface area contributed by atoms with Crippen molar-refractivity contribution in [2.75, 3.05) is 18.5 Å². The zero-order valence-electron chi connectivity index (χ0n) is 16.1. The molecule has 0 radical (unpaired) electrons. The van der Waals surface area contributed by atoms with Gasteiger partial charge in [0, 0.05) is 23.9 Å². The molecule has 29 heavy (non-hydrogen) atoms. The molecule has 0 atom stereocenters. The predicted octanol–water partition coefficient (Wildman–Crippen LogP) is 5.83. The predicted molar refractivity (Wildman–Crippen MR) is 124 cm³/mol. The Bertz CT molecular complexity index is 1200. The third kappa shape index (κ3) is 3.03. The quantitative estimate of drug-likeness (QED) is 0.491. The first-order valence-corrected chi connectivity index (χ1v) is 11.1. The van der Waals surface area contributed by atoms with Crippen molar-refractivity contribution < 1.29 is 4.79 Å². The summed E-state index contributed by atoms with van der Waals surface area (Å²) in [5, 5.41) is 3.95. The minimum atomic E-state index is 0.0265. The van der Waals surface area contributed by atoms with Crippen molar-refractivity contribution in [2.45, 2.75) is 11.8 Å². The molecule has 0 N–H and O–H groups in total. The summed E-state index contributed by atoms with van der Waals surface area (Å²) in [4.78, 5) is 23.9. The Kier molecular flexibility index (Phi) is 4.60. The molecule has 2 aliphatic rings. The molecule has 6 heteroatoms. The monoisotopic (exact) mass is 417 g/mol. The number of amides is 1. The number of para-hydroxylation sites is 1. The van der Waals surface area contributed by atoms with Gasteiger partial charge >= 0.3 is 0 Å². The number of carbonyl (C=O) groups excluding carboxylic acids is 1. The molecule has 2 heterocycles. The van der Waals surface area contributed by atoms with E-state index in [-0.39, 0.29) is 5.91 Å².